The minimum Gasteiger partial charge on any atom is -0.310 e. The summed E-state index contributed by atoms with van der Waals surface area (Å²) < 4.78 is 4.55. The van der Waals surface area contributed by atoms with Crippen molar-refractivity contribution < 1.29 is 0 Å². The Morgan fingerprint density at radius 1 is 0.632 bits per heavy atom. The maximum absolute atomic E-state index is 5.10. The Bertz CT molecular complexity index is 1970. The van der Waals surface area contributed by atoms with Crippen molar-refractivity contribution in [3.8, 4) is 22.8 Å². The van der Waals surface area contributed by atoms with Crippen LogP contribution in [-0.4, -0.2) is 19.1 Å². The number of benzene rings is 4. The lowest BCUT2D eigenvalue weighted by molar-refractivity contribution is 1.09. The van der Waals surface area contributed by atoms with Crippen molar-refractivity contribution in [2.24, 2.45) is 0 Å². The number of aryl methyl sites for hydroxylation is 1. The average Bonchev–Trinajstić information content (AvgIpc) is 3.45. The summed E-state index contributed by atoms with van der Waals surface area (Å²) in [5.74, 6) is 0.714. The van der Waals surface area contributed by atoms with Gasteiger partial charge in [0.05, 0.1) is 11.0 Å². The smallest absolute Gasteiger partial charge is 0.161 e. The van der Waals surface area contributed by atoms with Gasteiger partial charge in [0.15, 0.2) is 5.82 Å². The van der Waals surface area contributed by atoms with Crippen LogP contribution in [0.5, 0.6) is 0 Å². The van der Waals surface area contributed by atoms with E-state index in [1.807, 2.05) is 12.3 Å². The Morgan fingerprint density at radius 3 is 2.00 bits per heavy atom. The highest BCUT2D eigenvalue weighted by Gasteiger charge is 2.16. The van der Waals surface area contributed by atoms with E-state index in [0.717, 1.165) is 38.9 Å². The molecule has 4 aromatic carbocycles. The normalized spacial score (nSPS) is 11.8. The molecule has 0 bridgehead atoms. The van der Waals surface area contributed by atoms with Gasteiger partial charge in [0.1, 0.15) is 5.65 Å². The third kappa shape index (κ3) is 3.38. The number of rotatable bonds is 4. The molecule has 0 unspecified atom stereocenters. The van der Waals surface area contributed by atoms with E-state index >= 15 is 0 Å². The van der Waals surface area contributed by atoms with Crippen LogP contribution in [0.4, 0.5) is 0 Å². The van der Waals surface area contributed by atoms with Gasteiger partial charge in [-0.3, -0.25) is 4.57 Å². The van der Waals surface area contributed by atoms with Gasteiger partial charge in [0.2, 0.25) is 0 Å². The highest BCUT2D eigenvalue weighted by molar-refractivity contribution is 6.07. The Kier molecular flexibility index (Phi) is 5.19. The predicted molar refractivity (Wildman–Crippen MR) is 158 cm³/mol. The van der Waals surface area contributed by atoms with Gasteiger partial charge in [-0.15, -0.1) is 0 Å². The summed E-state index contributed by atoms with van der Waals surface area (Å²) in [7, 11) is 0. The van der Waals surface area contributed by atoms with Crippen LogP contribution in [0.2, 0.25) is 0 Å². The molecule has 7 rings (SSSR count). The minimum atomic E-state index is 0.714. The van der Waals surface area contributed by atoms with Crippen LogP contribution >= 0.6 is 0 Å². The molecule has 0 saturated carbocycles. The zero-order valence-electron chi connectivity index (χ0n) is 21.3. The largest absolute Gasteiger partial charge is 0.310 e. The second kappa shape index (κ2) is 8.86. The molecule has 0 atom stereocenters. The second-order valence-electron chi connectivity index (χ2n) is 9.53. The first-order chi connectivity index (χ1) is 18.7. The lowest BCUT2D eigenvalue weighted by Gasteiger charge is -2.11. The maximum atomic E-state index is 5.10. The summed E-state index contributed by atoms with van der Waals surface area (Å²) in [5.41, 5.74) is 8.92. The summed E-state index contributed by atoms with van der Waals surface area (Å²) in [6, 6.07) is 36.0. The Hall–Kier alpha value is -4.96. The number of hydrogen-bond donors (Lipinski definition) is 0. The van der Waals surface area contributed by atoms with Gasteiger partial charge in [-0.2, -0.15) is 0 Å². The van der Waals surface area contributed by atoms with Crippen molar-refractivity contribution in [1.82, 2.24) is 19.1 Å². The SMILES string of the molecule is CC=Cc1c(C)c2ccccc2n1-c1ccc(-c2ncc3c4ccccc4n(-c4ccccc4)c3n2)cc1. The third-order valence-electron chi connectivity index (χ3n) is 7.31. The van der Waals surface area contributed by atoms with Crippen molar-refractivity contribution in [2.45, 2.75) is 13.8 Å². The van der Waals surface area contributed by atoms with E-state index in [0.29, 0.717) is 5.82 Å². The standard InChI is InChI=1S/C34H26N4/c1-3-11-30-23(2)27-14-7-9-16-31(27)37(30)26-20-18-24(19-21-26)33-35-22-29-28-15-8-10-17-32(28)38(34(29)36-33)25-12-5-4-6-13-25/h3-22H,1-2H3. The summed E-state index contributed by atoms with van der Waals surface area (Å²) >= 11 is 0. The number of fused-ring (bicyclic) bond motifs is 4. The van der Waals surface area contributed by atoms with Gasteiger partial charge in [0.25, 0.3) is 0 Å². The molecule has 0 saturated heterocycles. The molecule has 0 radical (unpaired) electrons. The predicted octanol–water partition coefficient (Wildman–Crippen LogP) is 8.53. The molecule has 4 nitrogen and oxygen atoms in total. The van der Waals surface area contributed by atoms with E-state index in [9.17, 15) is 0 Å². The van der Waals surface area contributed by atoms with Crippen molar-refractivity contribution in [3.05, 3.63) is 127 Å². The molecule has 0 fully saturated rings. The monoisotopic (exact) mass is 490 g/mol. The summed E-state index contributed by atoms with van der Waals surface area (Å²) in [5, 5.41) is 3.47. The fourth-order valence-corrected chi connectivity index (χ4v) is 5.54. The second-order valence-corrected chi connectivity index (χ2v) is 9.53. The highest BCUT2D eigenvalue weighted by Crippen LogP contribution is 2.33. The summed E-state index contributed by atoms with van der Waals surface area (Å²) in [6.45, 7) is 4.25. The average molecular weight is 491 g/mol. The number of para-hydroxylation sites is 3. The van der Waals surface area contributed by atoms with Crippen molar-refractivity contribution in [2.75, 3.05) is 0 Å². The van der Waals surface area contributed by atoms with Crippen LogP contribution in [0, 0.1) is 6.92 Å². The first-order valence-corrected chi connectivity index (χ1v) is 12.9. The Labute approximate surface area is 221 Å². The molecule has 3 aromatic heterocycles. The van der Waals surface area contributed by atoms with E-state index in [-0.39, 0.29) is 0 Å². The van der Waals surface area contributed by atoms with Crippen LogP contribution in [0.15, 0.2) is 115 Å². The van der Waals surface area contributed by atoms with Crippen LogP contribution in [0.1, 0.15) is 18.2 Å². The molecule has 0 aliphatic carbocycles. The van der Waals surface area contributed by atoms with E-state index in [1.54, 1.807) is 0 Å². The molecule has 0 aliphatic rings. The molecule has 0 amide bonds. The first-order valence-electron chi connectivity index (χ1n) is 12.9. The van der Waals surface area contributed by atoms with Gasteiger partial charge in [-0.05, 0) is 74.0 Å². The summed E-state index contributed by atoms with van der Waals surface area (Å²) in [6.07, 6.45) is 6.24. The van der Waals surface area contributed by atoms with Gasteiger partial charge >= 0.3 is 0 Å². The zero-order chi connectivity index (χ0) is 25.6. The van der Waals surface area contributed by atoms with Crippen molar-refractivity contribution in [1.29, 1.82) is 0 Å². The van der Waals surface area contributed by atoms with Gasteiger partial charge in [-0.25, -0.2) is 9.97 Å². The van der Waals surface area contributed by atoms with Crippen LogP contribution in [0.3, 0.4) is 0 Å². The lowest BCUT2D eigenvalue weighted by Crippen LogP contribution is -1.99. The molecule has 182 valence electrons. The third-order valence-corrected chi connectivity index (χ3v) is 7.31. The number of allylic oxidation sites excluding steroid dienone is 1. The Balaban J connectivity index is 1.38. The molecule has 38 heavy (non-hydrogen) atoms. The fraction of sp³-hybridized carbons (Fsp3) is 0.0588. The zero-order valence-corrected chi connectivity index (χ0v) is 21.3. The molecular formula is C34H26N4. The highest BCUT2D eigenvalue weighted by atomic mass is 15.1. The van der Waals surface area contributed by atoms with Gasteiger partial charge in [0, 0.05) is 45.0 Å². The topological polar surface area (TPSA) is 35.6 Å². The van der Waals surface area contributed by atoms with Crippen LogP contribution < -0.4 is 0 Å². The molecule has 0 spiro atoms. The van der Waals surface area contributed by atoms with Crippen LogP contribution in [-0.2, 0) is 0 Å². The molecule has 4 heteroatoms. The fourth-order valence-electron chi connectivity index (χ4n) is 5.54. The number of hydrogen-bond acceptors (Lipinski definition) is 2. The molecule has 7 aromatic rings. The molecular weight excluding hydrogens is 464 g/mol. The number of nitrogens with zero attached hydrogens (tertiary/aromatic N) is 4. The lowest BCUT2D eigenvalue weighted by atomic mass is 10.1. The van der Waals surface area contributed by atoms with Crippen molar-refractivity contribution >= 4 is 38.9 Å². The molecule has 3 heterocycles. The van der Waals surface area contributed by atoms with Gasteiger partial charge in [-0.1, -0.05) is 60.7 Å². The molecule has 0 N–H and O–H groups in total. The quantitative estimate of drug-likeness (QED) is 0.248. The van der Waals surface area contributed by atoms with E-state index < -0.39 is 0 Å². The summed E-state index contributed by atoms with van der Waals surface area (Å²) in [4.78, 5) is 9.89. The van der Waals surface area contributed by atoms with Crippen molar-refractivity contribution in [3.63, 3.8) is 0 Å². The van der Waals surface area contributed by atoms with E-state index in [1.165, 1.54) is 22.2 Å². The minimum absolute atomic E-state index is 0.714. The van der Waals surface area contributed by atoms with E-state index in [2.05, 4.69) is 132 Å². The maximum Gasteiger partial charge on any atom is 0.161 e. The van der Waals surface area contributed by atoms with Crippen LogP contribution in [0.25, 0.3) is 61.7 Å². The van der Waals surface area contributed by atoms with Gasteiger partial charge < -0.3 is 4.57 Å². The number of aromatic nitrogens is 4. The molecule has 0 aliphatic heterocycles. The van der Waals surface area contributed by atoms with E-state index in [4.69, 9.17) is 9.97 Å². The Morgan fingerprint density at radius 2 is 1.26 bits per heavy atom. The first kappa shape index (κ1) is 22.3.